The van der Waals surface area contributed by atoms with E-state index >= 15 is 0 Å². The van der Waals surface area contributed by atoms with E-state index in [4.69, 9.17) is 4.74 Å². The SMILES string of the molecule is O=C(NC1CCN(C(=O)OCc2ccccc2)CC1)N[C@@H](c1ccc(C(F)(F)F)cc1)c1ncccc1C(F)(F)F. The Balaban J connectivity index is 1.42. The average molecular weight is 581 g/mol. The highest BCUT2D eigenvalue weighted by Gasteiger charge is 2.38. The summed E-state index contributed by atoms with van der Waals surface area (Å²) < 4.78 is 85.7. The van der Waals surface area contributed by atoms with Crippen molar-refractivity contribution in [1.29, 1.82) is 0 Å². The summed E-state index contributed by atoms with van der Waals surface area (Å²) >= 11 is 0. The zero-order chi connectivity index (χ0) is 29.6. The quantitative estimate of drug-likeness (QED) is 0.335. The number of carbonyl (C=O) groups excluding carboxylic acids is 2. The van der Waals surface area contributed by atoms with Gasteiger partial charge in [-0.25, -0.2) is 9.59 Å². The first-order chi connectivity index (χ1) is 19.4. The second-order valence-electron chi connectivity index (χ2n) is 9.41. The number of hydrogen-bond donors (Lipinski definition) is 2. The lowest BCUT2D eigenvalue weighted by molar-refractivity contribution is -0.139. The number of nitrogens with zero attached hydrogens (tertiary/aromatic N) is 2. The summed E-state index contributed by atoms with van der Waals surface area (Å²) in [6, 6.07) is 11.7. The smallest absolute Gasteiger partial charge is 0.418 e. The highest BCUT2D eigenvalue weighted by molar-refractivity contribution is 5.75. The molecule has 0 unspecified atom stereocenters. The van der Waals surface area contributed by atoms with Crippen molar-refractivity contribution in [2.24, 2.45) is 0 Å². The number of benzene rings is 2. The molecule has 41 heavy (non-hydrogen) atoms. The number of aromatic nitrogens is 1. The standard InChI is InChI=1S/C28H26F6N4O3/c29-27(30,31)20-10-8-19(9-11-20)23(24-22(28(32,33)34)7-4-14-35-24)37-25(39)36-21-12-15-38(16-13-21)26(40)41-17-18-5-2-1-3-6-18/h1-11,14,21,23H,12-13,15-17H2,(H2,36,37,39)/t23-/m0/s1. The molecule has 0 aliphatic carbocycles. The Labute approximate surface area is 231 Å². The summed E-state index contributed by atoms with van der Waals surface area (Å²) in [5.41, 5.74) is -1.87. The van der Waals surface area contributed by atoms with E-state index in [0.717, 1.165) is 48.2 Å². The van der Waals surface area contributed by atoms with E-state index in [1.54, 1.807) is 0 Å². The molecule has 2 heterocycles. The maximum atomic E-state index is 13.7. The van der Waals surface area contributed by atoms with Crippen LogP contribution in [0.3, 0.4) is 0 Å². The molecule has 0 bridgehead atoms. The van der Waals surface area contributed by atoms with Crippen molar-refractivity contribution in [2.45, 2.75) is 43.9 Å². The first kappa shape index (κ1) is 29.7. The van der Waals surface area contributed by atoms with E-state index in [-0.39, 0.29) is 25.3 Å². The van der Waals surface area contributed by atoms with Gasteiger partial charge in [-0.2, -0.15) is 26.3 Å². The summed E-state index contributed by atoms with van der Waals surface area (Å²) in [6.45, 7) is 0.664. The number of alkyl halides is 6. The van der Waals surface area contributed by atoms with Crippen LogP contribution in [-0.2, 0) is 23.7 Å². The number of ether oxygens (including phenoxy) is 1. The topological polar surface area (TPSA) is 83.6 Å². The van der Waals surface area contributed by atoms with Crippen LogP contribution >= 0.6 is 0 Å². The highest BCUT2D eigenvalue weighted by Crippen LogP contribution is 2.36. The summed E-state index contributed by atoms with van der Waals surface area (Å²) in [5.74, 6) is 0. The van der Waals surface area contributed by atoms with Crippen LogP contribution < -0.4 is 10.6 Å². The first-order valence-electron chi connectivity index (χ1n) is 12.6. The van der Waals surface area contributed by atoms with Crippen molar-refractivity contribution >= 4 is 12.1 Å². The normalized spacial score (nSPS) is 15.2. The van der Waals surface area contributed by atoms with E-state index in [2.05, 4.69) is 15.6 Å². The maximum absolute atomic E-state index is 13.7. The van der Waals surface area contributed by atoms with Crippen molar-refractivity contribution in [3.8, 4) is 0 Å². The van der Waals surface area contributed by atoms with E-state index in [0.29, 0.717) is 12.8 Å². The van der Waals surface area contributed by atoms with Crippen LogP contribution in [0.5, 0.6) is 0 Å². The number of rotatable bonds is 6. The number of nitrogens with one attached hydrogen (secondary N) is 2. The third-order valence-corrected chi connectivity index (χ3v) is 6.56. The van der Waals surface area contributed by atoms with E-state index in [1.807, 2.05) is 30.3 Å². The molecule has 3 amide bonds. The predicted molar refractivity (Wildman–Crippen MR) is 135 cm³/mol. The zero-order valence-electron chi connectivity index (χ0n) is 21.5. The molecule has 1 aliphatic rings. The number of likely N-dealkylation sites (tertiary alicyclic amines) is 1. The van der Waals surface area contributed by atoms with Gasteiger partial charge in [0.25, 0.3) is 0 Å². The molecule has 0 saturated carbocycles. The Morgan fingerprint density at radius 3 is 2.17 bits per heavy atom. The molecule has 1 saturated heterocycles. The molecular formula is C28H26F6N4O3. The van der Waals surface area contributed by atoms with Gasteiger partial charge in [0.15, 0.2) is 0 Å². The Morgan fingerprint density at radius 2 is 1.56 bits per heavy atom. The lowest BCUT2D eigenvalue weighted by Gasteiger charge is -2.32. The lowest BCUT2D eigenvalue weighted by Crippen LogP contribution is -2.50. The minimum absolute atomic E-state index is 0.0201. The van der Waals surface area contributed by atoms with Crippen molar-refractivity contribution in [1.82, 2.24) is 20.5 Å². The molecule has 13 heteroatoms. The second-order valence-corrected chi connectivity index (χ2v) is 9.41. The molecule has 4 rings (SSSR count). The number of pyridine rings is 1. The summed E-state index contributed by atoms with van der Waals surface area (Å²) in [6.07, 6.45) is -8.16. The third kappa shape index (κ3) is 7.89. The largest absolute Gasteiger partial charge is 0.445 e. The number of amides is 3. The Morgan fingerprint density at radius 1 is 0.902 bits per heavy atom. The number of piperidine rings is 1. The van der Waals surface area contributed by atoms with E-state index in [9.17, 15) is 35.9 Å². The van der Waals surface area contributed by atoms with Crippen molar-refractivity contribution in [3.63, 3.8) is 0 Å². The fraction of sp³-hybridized carbons (Fsp3) is 0.321. The van der Waals surface area contributed by atoms with Gasteiger partial charge in [0.1, 0.15) is 6.61 Å². The first-order valence-corrected chi connectivity index (χ1v) is 12.6. The maximum Gasteiger partial charge on any atom is 0.418 e. The number of hydrogen-bond acceptors (Lipinski definition) is 4. The van der Waals surface area contributed by atoms with Crippen molar-refractivity contribution in [3.05, 3.63) is 101 Å². The van der Waals surface area contributed by atoms with Gasteiger partial charge in [-0.15, -0.1) is 0 Å². The molecule has 1 atom stereocenters. The van der Waals surface area contributed by atoms with Gasteiger partial charge < -0.3 is 20.3 Å². The van der Waals surface area contributed by atoms with Crippen LogP contribution in [0.2, 0.25) is 0 Å². The minimum Gasteiger partial charge on any atom is -0.445 e. The molecular weight excluding hydrogens is 554 g/mol. The average Bonchev–Trinajstić information content (AvgIpc) is 2.95. The molecule has 3 aromatic rings. The van der Waals surface area contributed by atoms with Gasteiger partial charge in [0.2, 0.25) is 0 Å². The number of halogens is 6. The molecule has 2 N–H and O–H groups in total. The lowest BCUT2D eigenvalue weighted by atomic mass is 9.97. The zero-order valence-corrected chi connectivity index (χ0v) is 21.5. The molecule has 1 aromatic heterocycles. The third-order valence-electron chi connectivity index (χ3n) is 6.56. The van der Waals surface area contributed by atoms with Crippen LogP contribution in [0.25, 0.3) is 0 Å². The van der Waals surface area contributed by atoms with Gasteiger partial charge in [0.05, 0.1) is 22.9 Å². The van der Waals surface area contributed by atoms with Crippen molar-refractivity contribution in [2.75, 3.05) is 13.1 Å². The minimum atomic E-state index is -4.83. The van der Waals surface area contributed by atoms with Crippen molar-refractivity contribution < 1.29 is 40.7 Å². The Bertz CT molecular complexity index is 1330. The van der Waals surface area contributed by atoms with Crippen LogP contribution in [0, 0.1) is 0 Å². The van der Waals surface area contributed by atoms with Crippen LogP contribution in [0.4, 0.5) is 35.9 Å². The Kier molecular flexibility index (Phi) is 9.04. The predicted octanol–water partition coefficient (Wildman–Crippen LogP) is 6.31. The second kappa shape index (κ2) is 12.5. The molecule has 218 valence electrons. The van der Waals surface area contributed by atoms with Crippen LogP contribution in [0.1, 0.15) is 46.8 Å². The number of carbonyl (C=O) groups is 2. The van der Waals surface area contributed by atoms with Crippen LogP contribution in [-0.4, -0.2) is 41.1 Å². The Hall–Kier alpha value is -4.29. The summed E-state index contributed by atoms with van der Waals surface area (Å²) in [7, 11) is 0. The van der Waals surface area contributed by atoms with Crippen LogP contribution in [0.15, 0.2) is 72.9 Å². The fourth-order valence-electron chi connectivity index (χ4n) is 4.44. The molecule has 1 aliphatic heterocycles. The summed E-state index contributed by atoms with van der Waals surface area (Å²) in [5, 5.41) is 5.12. The van der Waals surface area contributed by atoms with E-state index < -0.39 is 53.4 Å². The van der Waals surface area contributed by atoms with Gasteiger partial charge in [-0.3, -0.25) is 4.98 Å². The van der Waals surface area contributed by atoms with Gasteiger partial charge in [-0.1, -0.05) is 42.5 Å². The fourth-order valence-corrected chi connectivity index (χ4v) is 4.44. The van der Waals surface area contributed by atoms with E-state index in [1.165, 1.54) is 4.90 Å². The van der Waals surface area contributed by atoms with Gasteiger partial charge in [0, 0.05) is 25.3 Å². The van der Waals surface area contributed by atoms with Gasteiger partial charge in [-0.05, 0) is 48.2 Å². The molecule has 7 nitrogen and oxygen atoms in total. The molecule has 0 radical (unpaired) electrons. The van der Waals surface area contributed by atoms with Gasteiger partial charge >= 0.3 is 24.5 Å². The monoisotopic (exact) mass is 580 g/mol. The number of urea groups is 1. The molecule has 2 aromatic carbocycles. The highest BCUT2D eigenvalue weighted by atomic mass is 19.4. The molecule has 1 fully saturated rings. The summed E-state index contributed by atoms with van der Waals surface area (Å²) in [4.78, 5) is 30.6. The molecule has 0 spiro atoms.